The summed E-state index contributed by atoms with van der Waals surface area (Å²) in [5.41, 5.74) is 0.306. The SMILES string of the molecule is COC(CC(C)=O)C1(C)CC1. The maximum atomic E-state index is 10.8. The van der Waals surface area contributed by atoms with Crippen LogP contribution < -0.4 is 0 Å². The zero-order chi connectivity index (χ0) is 8.48. The van der Waals surface area contributed by atoms with Gasteiger partial charge in [-0.25, -0.2) is 0 Å². The molecule has 11 heavy (non-hydrogen) atoms. The van der Waals surface area contributed by atoms with E-state index in [1.807, 2.05) is 0 Å². The molecule has 0 aromatic heterocycles. The van der Waals surface area contributed by atoms with Gasteiger partial charge in [0.15, 0.2) is 0 Å². The molecule has 64 valence electrons. The second-order valence-corrected chi connectivity index (χ2v) is 3.78. The van der Waals surface area contributed by atoms with Crippen LogP contribution in [0.5, 0.6) is 0 Å². The second kappa shape index (κ2) is 2.94. The first kappa shape index (κ1) is 8.72. The summed E-state index contributed by atoms with van der Waals surface area (Å²) in [7, 11) is 1.69. The number of carbonyl (C=O) groups excluding carboxylic acids is 1. The Hall–Kier alpha value is -0.370. The molecule has 0 radical (unpaired) electrons. The molecule has 1 atom stereocenters. The minimum Gasteiger partial charge on any atom is -0.380 e. The van der Waals surface area contributed by atoms with Gasteiger partial charge < -0.3 is 4.74 Å². The van der Waals surface area contributed by atoms with Crippen molar-refractivity contribution in [3.63, 3.8) is 0 Å². The van der Waals surface area contributed by atoms with Gasteiger partial charge in [-0.2, -0.15) is 0 Å². The molecule has 0 amide bonds. The van der Waals surface area contributed by atoms with Gasteiger partial charge in [-0.05, 0) is 25.2 Å². The Morgan fingerprint density at radius 2 is 2.18 bits per heavy atom. The highest BCUT2D eigenvalue weighted by molar-refractivity contribution is 5.76. The molecule has 0 spiro atoms. The molecule has 0 bridgehead atoms. The Balaban J connectivity index is 2.43. The molecule has 0 N–H and O–H groups in total. The number of hydrogen-bond acceptors (Lipinski definition) is 2. The van der Waals surface area contributed by atoms with E-state index in [-0.39, 0.29) is 11.9 Å². The quantitative estimate of drug-likeness (QED) is 0.620. The van der Waals surface area contributed by atoms with E-state index in [1.54, 1.807) is 14.0 Å². The van der Waals surface area contributed by atoms with Gasteiger partial charge in [0.1, 0.15) is 5.78 Å². The second-order valence-electron chi connectivity index (χ2n) is 3.78. The van der Waals surface area contributed by atoms with E-state index >= 15 is 0 Å². The minimum atomic E-state index is 0.153. The third-order valence-electron chi connectivity index (χ3n) is 2.57. The summed E-state index contributed by atoms with van der Waals surface area (Å²) in [5.74, 6) is 0.227. The first-order chi connectivity index (χ1) is 5.08. The van der Waals surface area contributed by atoms with Crippen LogP contribution in [0.4, 0.5) is 0 Å². The monoisotopic (exact) mass is 156 g/mol. The van der Waals surface area contributed by atoms with Crippen molar-refractivity contribution in [2.24, 2.45) is 5.41 Å². The maximum absolute atomic E-state index is 10.8. The standard InChI is InChI=1S/C9H16O2/c1-7(10)6-8(11-3)9(2)4-5-9/h8H,4-6H2,1-3H3. The van der Waals surface area contributed by atoms with E-state index in [1.165, 1.54) is 12.8 Å². The minimum absolute atomic E-state index is 0.153. The predicted molar refractivity (Wildman–Crippen MR) is 43.4 cm³/mol. The van der Waals surface area contributed by atoms with E-state index in [2.05, 4.69) is 6.92 Å². The third kappa shape index (κ3) is 2.03. The topological polar surface area (TPSA) is 26.3 Å². The first-order valence-corrected chi connectivity index (χ1v) is 4.11. The molecule has 1 saturated carbocycles. The van der Waals surface area contributed by atoms with Crippen LogP contribution in [0.1, 0.15) is 33.1 Å². The summed E-state index contributed by atoms with van der Waals surface area (Å²) in [6, 6.07) is 0. The summed E-state index contributed by atoms with van der Waals surface area (Å²) < 4.78 is 5.27. The van der Waals surface area contributed by atoms with Crippen molar-refractivity contribution in [3.8, 4) is 0 Å². The lowest BCUT2D eigenvalue weighted by Crippen LogP contribution is -2.24. The van der Waals surface area contributed by atoms with Crippen LogP contribution in [-0.2, 0) is 9.53 Å². The number of carbonyl (C=O) groups is 1. The fourth-order valence-electron chi connectivity index (χ4n) is 1.39. The molecule has 0 aliphatic heterocycles. The van der Waals surface area contributed by atoms with Crippen molar-refractivity contribution in [3.05, 3.63) is 0 Å². The lowest BCUT2D eigenvalue weighted by atomic mass is 9.97. The summed E-state index contributed by atoms with van der Waals surface area (Å²) in [5, 5.41) is 0. The highest BCUT2D eigenvalue weighted by Crippen LogP contribution is 2.50. The van der Waals surface area contributed by atoms with Crippen molar-refractivity contribution in [2.45, 2.75) is 39.2 Å². The number of ketones is 1. The molecule has 2 heteroatoms. The van der Waals surface area contributed by atoms with Gasteiger partial charge in [0.2, 0.25) is 0 Å². The smallest absolute Gasteiger partial charge is 0.132 e. The van der Waals surface area contributed by atoms with Crippen LogP contribution in [0.3, 0.4) is 0 Å². The molecule has 2 nitrogen and oxygen atoms in total. The Labute approximate surface area is 67.9 Å². The Morgan fingerprint density at radius 3 is 2.45 bits per heavy atom. The van der Waals surface area contributed by atoms with Crippen LogP contribution in [0.2, 0.25) is 0 Å². The van der Waals surface area contributed by atoms with E-state index in [9.17, 15) is 4.79 Å². The summed E-state index contributed by atoms with van der Waals surface area (Å²) >= 11 is 0. The molecular weight excluding hydrogens is 140 g/mol. The molecule has 1 fully saturated rings. The summed E-state index contributed by atoms with van der Waals surface area (Å²) in [6.45, 7) is 3.81. The Bertz CT molecular complexity index is 159. The molecule has 1 unspecified atom stereocenters. The molecule has 0 aromatic rings. The average Bonchev–Trinajstić information content (AvgIpc) is 2.63. The number of hydrogen-bond donors (Lipinski definition) is 0. The fourth-order valence-corrected chi connectivity index (χ4v) is 1.39. The maximum Gasteiger partial charge on any atom is 0.132 e. The lowest BCUT2D eigenvalue weighted by molar-refractivity contribution is -0.120. The average molecular weight is 156 g/mol. The zero-order valence-electron chi connectivity index (χ0n) is 7.52. The van der Waals surface area contributed by atoms with E-state index in [4.69, 9.17) is 4.74 Å². The Kier molecular flexibility index (Phi) is 2.33. The third-order valence-corrected chi connectivity index (χ3v) is 2.57. The molecule has 1 rings (SSSR count). The number of Topliss-reactive ketones (excluding diaryl/α,β-unsaturated/α-hetero) is 1. The van der Waals surface area contributed by atoms with E-state index in [0.29, 0.717) is 11.8 Å². The molecule has 0 saturated heterocycles. The van der Waals surface area contributed by atoms with E-state index in [0.717, 1.165) is 0 Å². The summed E-state index contributed by atoms with van der Waals surface area (Å²) in [6.07, 6.45) is 3.14. The van der Waals surface area contributed by atoms with Gasteiger partial charge in [0.05, 0.1) is 6.10 Å². The predicted octanol–water partition coefficient (Wildman–Crippen LogP) is 1.78. The number of ether oxygens (including phenoxy) is 1. The molecular formula is C9H16O2. The van der Waals surface area contributed by atoms with Gasteiger partial charge in [-0.15, -0.1) is 0 Å². The summed E-state index contributed by atoms with van der Waals surface area (Å²) in [4.78, 5) is 10.8. The van der Waals surface area contributed by atoms with Crippen molar-refractivity contribution in [1.29, 1.82) is 0 Å². The molecule has 1 aliphatic carbocycles. The number of methoxy groups -OCH3 is 1. The highest BCUT2D eigenvalue weighted by Gasteiger charge is 2.45. The number of rotatable bonds is 4. The fraction of sp³-hybridized carbons (Fsp3) is 0.889. The van der Waals surface area contributed by atoms with Crippen molar-refractivity contribution in [1.82, 2.24) is 0 Å². The largest absolute Gasteiger partial charge is 0.380 e. The van der Waals surface area contributed by atoms with Crippen molar-refractivity contribution < 1.29 is 9.53 Å². The van der Waals surface area contributed by atoms with Crippen LogP contribution in [0.15, 0.2) is 0 Å². The highest BCUT2D eigenvalue weighted by atomic mass is 16.5. The molecule has 0 aromatic carbocycles. The van der Waals surface area contributed by atoms with Crippen LogP contribution in [0, 0.1) is 5.41 Å². The zero-order valence-corrected chi connectivity index (χ0v) is 7.52. The van der Waals surface area contributed by atoms with Crippen molar-refractivity contribution >= 4 is 5.78 Å². The molecule has 0 heterocycles. The first-order valence-electron chi connectivity index (χ1n) is 4.11. The van der Waals surface area contributed by atoms with Gasteiger partial charge in [-0.1, -0.05) is 6.92 Å². The van der Waals surface area contributed by atoms with Gasteiger partial charge >= 0.3 is 0 Å². The Morgan fingerprint density at radius 1 is 1.64 bits per heavy atom. The van der Waals surface area contributed by atoms with Crippen LogP contribution in [0.25, 0.3) is 0 Å². The van der Waals surface area contributed by atoms with E-state index < -0.39 is 0 Å². The van der Waals surface area contributed by atoms with Gasteiger partial charge in [0, 0.05) is 13.5 Å². The van der Waals surface area contributed by atoms with Crippen molar-refractivity contribution in [2.75, 3.05) is 7.11 Å². The normalized spacial score (nSPS) is 22.8. The van der Waals surface area contributed by atoms with Crippen LogP contribution >= 0.6 is 0 Å². The molecule has 1 aliphatic rings. The van der Waals surface area contributed by atoms with Gasteiger partial charge in [-0.3, -0.25) is 4.79 Å². The van der Waals surface area contributed by atoms with Crippen LogP contribution in [-0.4, -0.2) is 19.0 Å². The van der Waals surface area contributed by atoms with Gasteiger partial charge in [0.25, 0.3) is 0 Å². The lowest BCUT2D eigenvalue weighted by Gasteiger charge is -2.20.